The van der Waals surface area contributed by atoms with Crippen molar-refractivity contribution in [1.82, 2.24) is 0 Å². The van der Waals surface area contributed by atoms with Crippen molar-refractivity contribution in [3.05, 3.63) is 23.8 Å². The van der Waals surface area contributed by atoms with E-state index in [1.807, 2.05) is 32.1 Å². The molecule has 1 aliphatic rings. The highest BCUT2D eigenvalue weighted by atomic mass is 79.9. The number of carbonyl (C=O) groups is 1. The molecule has 0 aromatic rings. The molecule has 0 spiro atoms. The van der Waals surface area contributed by atoms with Gasteiger partial charge in [0.05, 0.1) is 10.2 Å². The lowest BCUT2D eigenvalue weighted by Crippen LogP contribution is -2.33. The Morgan fingerprint density at radius 1 is 1.75 bits per heavy atom. The molecular formula is C9H10BrClO. The Balaban J connectivity index is 3.03. The third-order valence-electron chi connectivity index (χ3n) is 2.15. The number of allylic oxidation sites excluding steroid dienone is 4. The van der Waals surface area contributed by atoms with Crippen molar-refractivity contribution in [1.29, 1.82) is 0 Å². The van der Waals surface area contributed by atoms with E-state index in [1.165, 1.54) is 0 Å². The maximum atomic E-state index is 11.1. The van der Waals surface area contributed by atoms with Crippen LogP contribution in [0.3, 0.4) is 0 Å². The second-order valence-corrected chi connectivity index (χ2v) is 4.45. The van der Waals surface area contributed by atoms with Crippen LogP contribution in [0.15, 0.2) is 23.8 Å². The minimum atomic E-state index is -0.597. The van der Waals surface area contributed by atoms with Gasteiger partial charge >= 0.3 is 0 Å². The van der Waals surface area contributed by atoms with E-state index in [4.69, 9.17) is 11.6 Å². The fourth-order valence-corrected chi connectivity index (χ4v) is 2.02. The van der Waals surface area contributed by atoms with Gasteiger partial charge in [-0.05, 0) is 25.4 Å². The van der Waals surface area contributed by atoms with E-state index in [1.54, 1.807) is 0 Å². The predicted octanol–water partition coefficient (Wildman–Crippen LogP) is 3.04. The molecule has 66 valence electrons. The molecule has 0 fully saturated rings. The van der Waals surface area contributed by atoms with Gasteiger partial charge in [-0.3, -0.25) is 4.79 Å². The summed E-state index contributed by atoms with van der Waals surface area (Å²) in [5, 5.41) is -0.326. The van der Waals surface area contributed by atoms with Crippen molar-refractivity contribution >= 4 is 32.8 Å². The molecule has 0 bridgehead atoms. The van der Waals surface area contributed by atoms with E-state index in [-0.39, 0.29) is 10.1 Å². The average molecular weight is 250 g/mol. The first kappa shape index (κ1) is 10.0. The molecule has 0 amide bonds. The molecule has 0 aliphatic heterocycles. The van der Waals surface area contributed by atoms with E-state index in [2.05, 4.69) is 15.9 Å². The summed E-state index contributed by atoms with van der Waals surface area (Å²) in [6, 6.07) is 0. The van der Waals surface area contributed by atoms with Crippen LogP contribution in [0.25, 0.3) is 0 Å². The minimum Gasteiger partial charge on any atom is -0.280 e. The van der Waals surface area contributed by atoms with Crippen molar-refractivity contribution < 1.29 is 4.79 Å². The lowest BCUT2D eigenvalue weighted by molar-refractivity contribution is -0.117. The molecular weight excluding hydrogens is 239 g/mol. The number of hydrogen-bond donors (Lipinski definition) is 0. The number of hydrogen-bond acceptors (Lipinski definition) is 1. The molecule has 0 aromatic heterocycles. The largest absolute Gasteiger partial charge is 0.280 e. The van der Waals surface area contributed by atoms with Crippen LogP contribution < -0.4 is 0 Å². The molecule has 0 saturated heterocycles. The lowest BCUT2D eigenvalue weighted by atomic mass is 9.81. The smallest absolute Gasteiger partial charge is 0.232 e. The Morgan fingerprint density at radius 3 is 2.75 bits per heavy atom. The van der Waals surface area contributed by atoms with Crippen molar-refractivity contribution in [3.63, 3.8) is 0 Å². The highest BCUT2D eigenvalue weighted by Gasteiger charge is 2.38. The summed E-state index contributed by atoms with van der Waals surface area (Å²) < 4.78 is 0. The fraction of sp³-hybridized carbons (Fsp3) is 0.444. The maximum absolute atomic E-state index is 11.1. The second kappa shape index (κ2) is 3.35. The van der Waals surface area contributed by atoms with Gasteiger partial charge in [0.1, 0.15) is 0 Å². The number of carbonyl (C=O) groups excluding carboxylic acids is 1. The first-order valence-electron chi connectivity index (χ1n) is 3.68. The third-order valence-corrected chi connectivity index (χ3v) is 4.23. The standard InChI is InChI=1S/C9H10BrClO/c1-6-4-3-5-9(2,7(6)10)8(11)12/h3-5,7H,1-2H3. The highest BCUT2D eigenvalue weighted by molar-refractivity contribution is 9.09. The monoisotopic (exact) mass is 248 g/mol. The van der Waals surface area contributed by atoms with Gasteiger partial charge in [0.25, 0.3) is 0 Å². The summed E-state index contributed by atoms with van der Waals surface area (Å²) in [7, 11) is 0. The van der Waals surface area contributed by atoms with Gasteiger partial charge in [-0.2, -0.15) is 0 Å². The van der Waals surface area contributed by atoms with Gasteiger partial charge in [0.2, 0.25) is 5.24 Å². The third kappa shape index (κ3) is 1.50. The quantitative estimate of drug-likeness (QED) is 0.516. The topological polar surface area (TPSA) is 17.1 Å². The molecule has 1 aliphatic carbocycles. The minimum absolute atomic E-state index is 0.0139. The highest BCUT2D eigenvalue weighted by Crippen LogP contribution is 2.38. The summed E-state index contributed by atoms with van der Waals surface area (Å²) in [6.45, 7) is 3.80. The van der Waals surface area contributed by atoms with E-state index in [9.17, 15) is 4.79 Å². The first-order valence-corrected chi connectivity index (χ1v) is 4.98. The Bertz CT molecular complexity index is 270. The summed E-state index contributed by atoms with van der Waals surface area (Å²) in [4.78, 5) is 11.1. The molecule has 2 unspecified atom stereocenters. The molecule has 0 radical (unpaired) electrons. The van der Waals surface area contributed by atoms with Gasteiger partial charge in [-0.25, -0.2) is 0 Å². The molecule has 12 heavy (non-hydrogen) atoms. The lowest BCUT2D eigenvalue weighted by Gasteiger charge is -2.30. The van der Waals surface area contributed by atoms with Crippen molar-refractivity contribution in [2.75, 3.05) is 0 Å². The van der Waals surface area contributed by atoms with Gasteiger partial charge in [-0.1, -0.05) is 39.7 Å². The molecule has 1 nitrogen and oxygen atoms in total. The normalized spacial score (nSPS) is 34.7. The van der Waals surface area contributed by atoms with Crippen LogP contribution in [-0.2, 0) is 4.79 Å². The van der Waals surface area contributed by atoms with E-state index in [0.717, 1.165) is 5.57 Å². The number of halogens is 2. The molecule has 1 rings (SSSR count). The second-order valence-electron chi connectivity index (χ2n) is 3.19. The summed E-state index contributed by atoms with van der Waals surface area (Å²) in [6.07, 6.45) is 5.67. The SMILES string of the molecule is CC1=CC=CC(C)(C(=O)Cl)C1Br. The molecule has 0 aromatic carbocycles. The Kier molecular flexibility index (Phi) is 2.79. The zero-order valence-corrected chi connectivity index (χ0v) is 9.32. The predicted molar refractivity (Wildman–Crippen MR) is 54.6 cm³/mol. The Labute approximate surface area is 85.6 Å². The van der Waals surface area contributed by atoms with Crippen LogP contribution in [0.1, 0.15) is 13.8 Å². The van der Waals surface area contributed by atoms with Crippen LogP contribution >= 0.6 is 27.5 Å². The van der Waals surface area contributed by atoms with Gasteiger partial charge in [0, 0.05) is 0 Å². The average Bonchev–Trinajstić information content (AvgIpc) is 2.00. The molecule has 2 atom stereocenters. The van der Waals surface area contributed by atoms with Crippen molar-refractivity contribution in [3.8, 4) is 0 Å². The van der Waals surface area contributed by atoms with Gasteiger partial charge < -0.3 is 0 Å². The van der Waals surface area contributed by atoms with Gasteiger partial charge in [0.15, 0.2) is 0 Å². The summed E-state index contributed by atoms with van der Waals surface area (Å²) in [5.74, 6) is 0. The van der Waals surface area contributed by atoms with Crippen molar-refractivity contribution in [2.24, 2.45) is 5.41 Å². The van der Waals surface area contributed by atoms with E-state index >= 15 is 0 Å². The molecule has 0 heterocycles. The van der Waals surface area contributed by atoms with Crippen molar-refractivity contribution in [2.45, 2.75) is 18.7 Å². The molecule has 0 N–H and O–H groups in total. The van der Waals surface area contributed by atoms with E-state index in [0.29, 0.717) is 0 Å². The van der Waals surface area contributed by atoms with Crippen LogP contribution in [0.4, 0.5) is 0 Å². The Hall–Kier alpha value is -0.0800. The van der Waals surface area contributed by atoms with Crippen LogP contribution in [0, 0.1) is 5.41 Å². The number of rotatable bonds is 1. The van der Waals surface area contributed by atoms with Gasteiger partial charge in [-0.15, -0.1) is 0 Å². The number of alkyl halides is 1. The fourth-order valence-electron chi connectivity index (χ4n) is 1.21. The maximum Gasteiger partial charge on any atom is 0.232 e. The first-order chi connectivity index (χ1) is 5.48. The zero-order valence-electron chi connectivity index (χ0n) is 6.97. The van der Waals surface area contributed by atoms with Crippen LogP contribution in [0.2, 0.25) is 0 Å². The zero-order chi connectivity index (χ0) is 9.35. The molecule has 3 heteroatoms. The Morgan fingerprint density at radius 2 is 2.33 bits per heavy atom. The van der Waals surface area contributed by atoms with Crippen LogP contribution in [-0.4, -0.2) is 10.1 Å². The van der Waals surface area contributed by atoms with Crippen LogP contribution in [0.5, 0.6) is 0 Å². The van der Waals surface area contributed by atoms with E-state index < -0.39 is 5.41 Å². The summed E-state index contributed by atoms with van der Waals surface area (Å²) >= 11 is 8.96. The summed E-state index contributed by atoms with van der Waals surface area (Å²) in [5.41, 5.74) is 0.523. The molecule has 0 saturated carbocycles.